The molecule has 1 unspecified atom stereocenters. The minimum Gasteiger partial charge on any atom is -0.405 e. The van der Waals surface area contributed by atoms with Crippen molar-refractivity contribution >= 4 is 50.4 Å². The van der Waals surface area contributed by atoms with Crippen molar-refractivity contribution in [3.05, 3.63) is 42.7 Å². The largest absolute Gasteiger partial charge is 0.405 e. The number of nitrogens with one attached hydrogen (secondary N) is 2. The number of hydrogen-bond donors (Lipinski definition) is 3. The maximum Gasteiger partial charge on any atom is 0.210 e. The first kappa shape index (κ1) is 20.7. The van der Waals surface area contributed by atoms with E-state index in [1.807, 2.05) is 31.3 Å². The van der Waals surface area contributed by atoms with E-state index in [0.29, 0.717) is 17.0 Å². The molecule has 0 aliphatic rings. The van der Waals surface area contributed by atoms with Crippen molar-refractivity contribution in [2.24, 2.45) is 10.7 Å². The lowest BCUT2D eigenvalue weighted by Gasteiger charge is -2.28. The summed E-state index contributed by atoms with van der Waals surface area (Å²) >= 11 is 1.48. The smallest absolute Gasteiger partial charge is 0.210 e. The quantitative estimate of drug-likeness (QED) is 0.464. The molecule has 3 rings (SSSR count). The number of aliphatic imine (C=N–C) groups is 1. The molecule has 0 saturated heterocycles. The lowest BCUT2D eigenvalue weighted by Crippen LogP contribution is -2.39. The number of fused-ring (bicyclic) bond motifs is 1. The number of aromatic nitrogens is 3. The molecule has 0 amide bonds. The molecule has 0 bridgehead atoms. The van der Waals surface area contributed by atoms with Gasteiger partial charge in [0.15, 0.2) is 0 Å². The maximum absolute atomic E-state index is 5.31. The molecule has 4 N–H and O–H groups in total. The summed E-state index contributed by atoms with van der Waals surface area (Å²) in [5.74, 6) is 2.34. The van der Waals surface area contributed by atoms with Gasteiger partial charge in [0.25, 0.3) is 0 Å². The highest BCUT2D eigenvalue weighted by molar-refractivity contribution is 7.21. The van der Waals surface area contributed by atoms with Crippen LogP contribution in [0.2, 0.25) is 0 Å². The highest BCUT2D eigenvalue weighted by atomic mass is 32.1. The van der Waals surface area contributed by atoms with E-state index in [0.717, 1.165) is 34.8 Å². The number of anilines is 3. The number of thiazole rings is 1. The third kappa shape index (κ3) is 5.27. The molecule has 0 aliphatic carbocycles. The normalized spacial score (nSPS) is 12.8. The second kappa shape index (κ2) is 9.94. The van der Waals surface area contributed by atoms with E-state index < -0.39 is 0 Å². The third-order valence-corrected chi connectivity index (χ3v) is 5.37. The lowest BCUT2D eigenvalue weighted by molar-refractivity contribution is 0.568. The van der Waals surface area contributed by atoms with E-state index in [1.165, 1.54) is 17.5 Å². The second-order valence-electron chi connectivity index (χ2n) is 6.43. The number of hydrogen-bond acceptors (Lipinski definition) is 9. The van der Waals surface area contributed by atoms with Crippen LogP contribution in [-0.4, -0.2) is 47.8 Å². The minimum absolute atomic E-state index is 0.375. The van der Waals surface area contributed by atoms with Crippen LogP contribution in [0.15, 0.2) is 47.7 Å². The Hall–Kier alpha value is -3.04. The van der Waals surface area contributed by atoms with Gasteiger partial charge >= 0.3 is 0 Å². The zero-order chi connectivity index (χ0) is 20.6. The summed E-state index contributed by atoms with van der Waals surface area (Å²) in [4.78, 5) is 20.2. The Kier molecular flexibility index (Phi) is 7.09. The number of rotatable bonds is 9. The molecule has 9 heteroatoms. The van der Waals surface area contributed by atoms with Crippen LogP contribution in [0.3, 0.4) is 0 Å². The van der Waals surface area contributed by atoms with Gasteiger partial charge in [0, 0.05) is 38.1 Å². The van der Waals surface area contributed by atoms with Crippen LogP contribution in [0.4, 0.5) is 22.6 Å². The van der Waals surface area contributed by atoms with Gasteiger partial charge in [0.05, 0.1) is 10.2 Å². The van der Waals surface area contributed by atoms with Crippen molar-refractivity contribution < 1.29 is 0 Å². The molecular weight excluding hydrogens is 384 g/mol. The highest BCUT2D eigenvalue weighted by Gasteiger charge is 2.14. The van der Waals surface area contributed by atoms with Gasteiger partial charge < -0.3 is 21.3 Å². The van der Waals surface area contributed by atoms with Gasteiger partial charge in [-0.1, -0.05) is 24.3 Å². The zero-order valence-corrected chi connectivity index (χ0v) is 17.6. The Morgan fingerprint density at radius 3 is 2.93 bits per heavy atom. The number of nitrogens with two attached hydrogens (primary N) is 1. The zero-order valence-electron chi connectivity index (χ0n) is 16.8. The van der Waals surface area contributed by atoms with Crippen molar-refractivity contribution in [2.75, 3.05) is 30.9 Å². The molecule has 0 fully saturated rings. The van der Waals surface area contributed by atoms with Crippen LogP contribution >= 0.6 is 11.3 Å². The van der Waals surface area contributed by atoms with Gasteiger partial charge in [-0.3, -0.25) is 0 Å². The fourth-order valence-corrected chi connectivity index (χ4v) is 3.67. The number of pyridine rings is 2. The molecule has 0 spiro atoms. The predicted molar refractivity (Wildman–Crippen MR) is 123 cm³/mol. The number of allylic oxidation sites excluding steroid dienone is 1. The molecular formula is C20H26N8S. The summed E-state index contributed by atoms with van der Waals surface area (Å²) in [6, 6.07) is 8.21. The van der Waals surface area contributed by atoms with Crippen molar-refractivity contribution in [1.29, 1.82) is 0 Å². The maximum atomic E-state index is 5.31. The van der Waals surface area contributed by atoms with E-state index in [2.05, 4.69) is 44.5 Å². The predicted octanol–water partition coefficient (Wildman–Crippen LogP) is 3.44. The van der Waals surface area contributed by atoms with Crippen LogP contribution in [0.1, 0.15) is 13.3 Å². The molecule has 29 heavy (non-hydrogen) atoms. The topological polar surface area (TPSA) is 104 Å². The fraction of sp³-hybridized carbons (Fsp3) is 0.300. The van der Waals surface area contributed by atoms with Crippen molar-refractivity contribution in [2.45, 2.75) is 19.4 Å². The van der Waals surface area contributed by atoms with Crippen molar-refractivity contribution in [3.63, 3.8) is 0 Å². The molecule has 0 radical (unpaired) electrons. The van der Waals surface area contributed by atoms with Crippen LogP contribution < -0.4 is 21.3 Å². The third-order valence-electron chi connectivity index (χ3n) is 4.46. The van der Waals surface area contributed by atoms with Crippen LogP contribution in [0, 0.1) is 0 Å². The standard InChI is InChI=1S/C20H26N8S/c1-4-14(12-22-2)28(3)19-8-5-7-17(27-19)26-18-11-15-16(13-24-18)29-20(25-15)23-10-6-9-21/h5-11,13-14,22H,4,12,21H2,1-3H3,(H,24,26,27)/b9-6-,23-10+. The number of likely N-dealkylation sites (N-methyl/N-ethyl adjacent to an activating group) is 2. The molecule has 1 atom stereocenters. The minimum atomic E-state index is 0.375. The summed E-state index contributed by atoms with van der Waals surface area (Å²) in [6.45, 7) is 3.08. The summed E-state index contributed by atoms with van der Waals surface area (Å²) in [5.41, 5.74) is 6.15. The van der Waals surface area contributed by atoms with Gasteiger partial charge in [-0.25, -0.2) is 19.9 Å². The monoisotopic (exact) mass is 410 g/mol. The first-order valence-electron chi connectivity index (χ1n) is 9.43. The van der Waals surface area contributed by atoms with E-state index in [4.69, 9.17) is 10.7 Å². The van der Waals surface area contributed by atoms with Crippen molar-refractivity contribution in [1.82, 2.24) is 20.3 Å². The summed E-state index contributed by atoms with van der Waals surface area (Å²) < 4.78 is 0.971. The summed E-state index contributed by atoms with van der Waals surface area (Å²) in [7, 11) is 4.03. The Morgan fingerprint density at radius 1 is 1.31 bits per heavy atom. The Labute approximate surface area is 174 Å². The molecule has 152 valence electrons. The Balaban J connectivity index is 1.78. The Bertz CT molecular complexity index is 997. The Morgan fingerprint density at radius 2 is 2.17 bits per heavy atom. The average Bonchev–Trinajstić information content (AvgIpc) is 3.14. The van der Waals surface area contributed by atoms with Gasteiger partial charge in [-0.15, -0.1) is 0 Å². The van der Waals surface area contributed by atoms with Crippen molar-refractivity contribution in [3.8, 4) is 0 Å². The van der Waals surface area contributed by atoms with Gasteiger partial charge in [0.2, 0.25) is 5.13 Å². The van der Waals surface area contributed by atoms with Crippen LogP contribution in [-0.2, 0) is 0 Å². The van der Waals surface area contributed by atoms with Gasteiger partial charge in [0.1, 0.15) is 17.5 Å². The lowest BCUT2D eigenvalue weighted by atomic mass is 10.2. The molecule has 8 nitrogen and oxygen atoms in total. The summed E-state index contributed by atoms with van der Waals surface area (Å²) in [5, 5.41) is 7.17. The molecule has 3 aromatic heterocycles. The number of nitrogens with zero attached hydrogens (tertiary/aromatic N) is 5. The molecule has 3 aromatic rings. The first-order valence-corrected chi connectivity index (χ1v) is 10.2. The highest BCUT2D eigenvalue weighted by Crippen LogP contribution is 2.29. The van der Waals surface area contributed by atoms with E-state index in [9.17, 15) is 0 Å². The van der Waals surface area contributed by atoms with Gasteiger partial charge in [-0.05, 0) is 37.9 Å². The summed E-state index contributed by atoms with van der Waals surface area (Å²) in [6.07, 6.45) is 7.54. The van der Waals surface area contributed by atoms with E-state index >= 15 is 0 Å². The molecule has 0 aliphatic heterocycles. The van der Waals surface area contributed by atoms with E-state index in [1.54, 1.807) is 18.5 Å². The molecule has 0 saturated carbocycles. The van der Waals surface area contributed by atoms with Gasteiger partial charge in [-0.2, -0.15) is 0 Å². The molecule has 3 heterocycles. The molecule has 0 aromatic carbocycles. The average molecular weight is 411 g/mol. The SMILES string of the molecule is CCC(CNC)N(C)c1cccc(Nc2cc3nc(/N=C/C=C\N)sc3cn2)n1. The first-order chi connectivity index (χ1) is 14.1. The van der Waals surface area contributed by atoms with Crippen LogP contribution in [0.5, 0.6) is 0 Å². The van der Waals surface area contributed by atoms with Crippen LogP contribution in [0.25, 0.3) is 10.2 Å². The second-order valence-corrected chi connectivity index (χ2v) is 7.44. The van der Waals surface area contributed by atoms with E-state index in [-0.39, 0.29) is 0 Å². The fourth-order valence-electron chi connectivity index (χ4n) is 2.90.